The maximum Gasteiger partial charge on any atom is 0.0511 e. The van der Waals surface area contributed by atoms with Gasteiger partial charge in [-0.1, -0.05) is 28.4 Å². The summed E-state index contributed by atoms with van der Waals surface area (Å²) in [7, 11) is 0. The van der Waals surface area contributed by atoms with Gasteiger partial charge in [-0.2, -0.15) is 0 Å². The van der Waals surface area contributed by atoms with Crippen molar-refractivity contribution in [2.75, 3.05) is 31.1 Å². The van der Waals surface area contributed by atoms with Crippen molar-refractivity contribution in [3.05, 3.63) is 28.2 Å². The second-order valence-electron chi connectivity index (χ2n) is 5.90. The molecule has 0 N–H and O–H groups in total. The molecule has 110 valence electrons. The smallest absolute Gasteiger partial charge is 0.0511 e. The Kier molecular flexibility index (Phi) is 5.05. The number of halogens is 2. The Bertz CT molecular complexity index is 458. The highest BCUT2D eigenvalue weighted by molar-refractivity contribution is 9.10. The first-order valence-corrected chi connectivity index (χ1v) is 9.53. The highest BCUT2D eigenvalue weighted by atomic mass is 79.9. The lowest BCUT2D eigenvalue weighted by molar-refractivity contribution is 0.175. The second kappa shape index (κ2) is 6.80. The van der Waals surface area contributed by atoms with Gasteiger partial charge in [0, 0.05) is 28.9 Å². The summed E-state index contributed by atoms with van der Waals surface area (Å²) in [6.07, 6.45) is 5.51. The molecule has 2 fully saturated rings. The molecule has 2 saturated heterocycles. The summed E-state index contributed by atoms with van der Waals surface area (Å²) >= 11 is 7.26. The van der Waals surface area contributed by atoms with Gasteiger partial charge in [-0.15, -0.1) is 0 Å². The van der Waals surface area contributed by atoms with Crippen LogP contribution in [0.3, 0.4) is 0 Å². The Morgan fingerprint density at radius 1 is 1.10 bits per heavy atom. The lowest BCUT2D eigenvalue weighted by atomic mass is 10.1. The van der Waals surface area contributed by atoms with Gasteiger partial charge < -0.3 is 4.90 Å². The predicted molar refractivity (Wildman–Crippen MR) is 92.8 cm³/mol. The number of hydrogen-bond acceptors (Lipinski definition) is 2. The Morgan fingerprint density at radius 3 is 2.60 bits per heavy atom. The Hall–Kier alpha value is -0.0600. The molecule has 0 aromatic heterocycles. The minimum Gasteiger partial charge on any atom is -0.369 e. The van der Waals surface area contributed by atoms with Crippen LogP contribution in [0.2, 0.25) is 0 Å². The summed E-state index contributed by atoms with van der Waals surface area (Å²) in [5, 5.41) is 0.919. The van der Waals surface area contributed by atoms with E-state index < -0.39 is 0 Å². The number of benzene rings is 1. The molecule has 1 unspecified atom stereocenters. The summed E-state index contributed by atoms with van der Waals surface area (Å²) in [6.45, 7) is 4.99. The molecule has 2 aliphatic heterocycles. The van der Waals surface area contributed by atoms with Crippen LogP contribution in [-0.4, -0.2) is 37.1 Å². The van der Waals surface area contributed by atoms with Crippen molar-refractivity contribution in [1.82, 2.24) is 4.90 Å². The van der Waals surface area contributed by atoms with Crippen molar-refractivity contribution >= 4 is 37.5 Å². The summed E-state index contributed by atoms with van der Waals surface area (Å²) in [5.41, 5.74) is 2.68. The minimum absolute atomic E-state index is 0.762. The molecule has 0 bridgehead atoms. The van der Waals surface area contributed by atoms with Crippen molar-refractivity contribution in [2.24, 2.45) is 0 Å². The molecule has 2 heterocycles. The van der Waals surface area contributed by atoms with Crippen molar-refractivity contribution < 1.29 is 0 Å². The van der Waals surface area contributed by atoms with Crippen LogP contribution < -0.4 is 4.90 Å². The molecule has 2 nitrogen and oxygen atoms in total. The zero-order valence-electron chi connectivity index (χ0n) is 11.8. The zero-order chi connectivity index (χ0) is 13.9. The molecule has 1 aromatic carbocycles. The predicted octanol–water partition coefficient (Wildman–Crippen LogP) is 4.41. The maximum atomic E-state index is 3.74. The van der Waals surface area contributed by atoms with Crippen LogP contribution in [0.5, 0.6) is 0 Å². The molecule has 4 heteroatoms. The summed E-state index contributed by atoms with van der Waals surface area (Å²) in [4.78, 5) is 5.26. The fraction of sp³-hybridized carbons (Fsp3) is 0.625. The molecule has 0 amide bonds. The fourth-order valence-corrected chi connectivity index (χ4v) is 4.46. The van der Waals surface area contributed by atoms with E-state index in [1.54, 1.807) is 0 Å². The van der Waals surface area contributed by atoms with Crippen LogP contribution >= 0.6 is 31.9 Å². The molecule has 3 rings (SSSR count). The van der Waals surface area contributed by atoms with Crippen LogP contribution in [0.1, 0.15) is 31.2 Å². The molecule has 0 aliphatic carbocycles. The van der Waals surface area contributed by atoms with Gasteiger partial charge in [0.1, 0.15) is 0 Å². The van der Waals surface area contributed by atoms with Gasteiger partial charge in [0.05, 0.1) is 5.69 Å². The number of anilines is 1. The summed E-state index contributed by atoms with van der Waals surface area (Å²) in [5.74, 6) is 0. The highest BCUT2D eigenvalue weighted by Crippen LogP contribution is 2.32. The number of rotatable bonds is 3. The van der Waals surface area contributed by atoms with Crippen molar-refractivity contribution in [2.45, 2.75) is 37.1 Å². The standard InChI is InChI=1S/C16H22Br2N2/c17-11-13-4-5-16(15(18)10-13)20-9-6-14(12-20)19-7-2-1-3-8-19/h4-5,10,14H,1-3,6-9,11-12H2. The molecule has 0 spiro atoms. The number of piperidine rings is 1. The van der Waals surface area contributed by atoms with Crippen molar-refractivity contribution in [3.63, 3.8) is 0 Å². The summed E-state index contributed by atoms with van der Waals surface area (Å²) in [6, 6.07) is 7.48. The van der Waals surface area contributed by atoms with E-state index in [0.29, 0.717) is 0 Å². The van der Waals surface area contributed by atoms with Crippen LogP contribution in [0, 0.1) is 0 Å². The number of alkyl halides is 1. The van der Waals surface area contributed by atoms with Crippen LogP contribution in [0.4, 0.5) is 5.69 Å². The van der Waals surface area contributed by atoms with Gasteiger partial charge in [0.15, 0.2) is 0 Å². The second-order valence-corrected chi connectivity index (χ2v) is 7.32. The van der Waals surface area contributed by atoms with Gasteiger partial charge in [-0.3, -0.25) is 4.90 Å². The lowest BCUT2D eigenvalue weighted by Gasteiger charge is -2.32. The fourth-order valence-electron chi connectivity index (χ4n) is 3.43. The van der Waals surface area contributed by atoms with E-state index in [1.165, 1.54) is 67.6 Å². The van der Waals surface area contributed by atoms with E-state index in [1.807, 2.05) is 0 Å². The molecule has 0 saturated carbocycles. The van der Waals surface area contributed by atoms with Crippen molar-refractivity contribution in [3.8, 4) is 0 Å². The molecular weight excluding hydrogens is 380 g/mol. The molecule has 1 aromatic rings. The van der Waals surface area contributed by atoms with Crippen LogP contribution in [-0.2, 0) is 5.33 Å². The van der Waals surface area contributed by atoms with E-state index in [-0.39, 0.29) is 0 Å². The number of hydrogen-bond donors (Lipinski definition) is 0. The SMILES string of the molecule is BrCc1ccc(N2CCC(N3CCCCC3)C2)c(Br)c1. The quantitative estimate of drug-likeness (QED) is 0.692. The third-order valence-electron chi connectivity index (χ3n) is 4.58. The van der Waals surface area contributed by atoms with E-state index in [0.717, 1.165) is 11.4 Å². The largest absolute Gasteiger partial charge is 0.369 e. The van der Waals surface area contributed by atoms with Crippen molar-refractivity contribution in [1.29, 1.82) is 0 Å². The van der Waals surface area contributed by atoms with E-state index in [4.69, 9.17) is 0 Å². The minimum atomic E-state index is 0.762. The molecule has 20 heavy (non-hydrogen) atoms. The Balaban J connectivity index is 1.67. The van der Waals surface area contributed by atoms with Gasteiger partial charge >= 0.3 is 0 Å². The monoisotopic (exact) mass is 400 g/mol. The van der Waals surface area contributed by atoms with E-state index in [2.05, 4.69) is 59.9 Å². The number of likely N-dealkylation sites (tertiary alicyclic amines) is 1. The highest BCUT2D eigenvalue weighted by Gasteiger charge is 2.29. The first-order valence-electron chi connectivity index (χ1n) is 7.61. The van der Waals surface area contributed by atoms with Gasteiger partial charge in [-0.05, 0) is 66.0 Å². The van der Waals surface area contributed by atoms with Crippen LogP contribution in [0.15, 0.2) is 22.7 Å². The van der Waals surface area contributed by atoms with E-state index in [9.17, 15) is 0 Å². The third-order valence-corrected chi connectivity index (χ3v) is 5.86. The summed E-state index contributed by atoms with van der Waals surface area (Å²) < 4.78 is 1.23. The van der Waals surface area contributed by atoms with E-state index >= 15 is 0 Å². The maximum absolute atomic E-state index is 3.74. The average Bonchev–Trinajstić information content (AvgIpc) is 2.97. The van der Waals surface area contributed by atoms with Gasteiger partial charge in [-0.25, -0.2) is 0 Å². The molecule has 1 atom stereocenters. The number of nitrogens with zero attached hydrogens (tertiary/aromatic N) is 2. The van der Waals surface area contributed by atoms with Crippen LogP contribution in [0.25, 0.3) is 0 Å². The van der Waals surface area contributed by atoms with Gasteiger partial charge in [0.25, 0.3) is 0 Å². The molecule has 0 radical (unpaired) electrons. The Morgan fingerprint density at radius 2 is 1.90 bits per heavy atom. The van der Waals surface area contributed by atoms with Gasteiger partial charge in [0.2, 0.25) is 0 Å². The lowest BCUT2D eigenvalue weighted by Crippen LogP contribution is -2.40. The first kappa shape index (κ1) is 14.9. The average molecular weight is 402 g/mol. The normalized spacial score (nSPS) is 24.3. The third kappa shape index (κ3) is 3.23. The molecule has 2 aliphatic rings. The zero-order valence-corrected chi connectivity index (χ0v) is 15.0. The first-order chi connectivity index (χ1) is 9.78. The Labute approximate surface area is 138 Å². The topological polar surface area (TPSA) is 6.48 Å². The molecular formula is C16H22Br2N2.